The molecule has 3 nitrogen and oxygen atoms in total. The van der Waals surface area contributed by atoms with E-state index in [1.54, 1.807) is 7.11 Å². The molecule has 0 aromatic carbocycles. The third-order valence-electron chi connectivity index (χ3n) is 3.13. The third kappa shape index (κ3) is 4.91. The van der Waals surface area contributed by atoms with Crippen LogP contribution in [0.1, 0.15) is 27.2 Å². The van der Waals surface area contributed by atoms with Crippen molar-refractivity contribution in [3.8, 4) is 0 Å². The first-order chi connectivity index (χ1) is 6.74. The fourth-order valence-corrected chi connectivity index (χ4v) is 1.95. The van der Waals surface area contributed by atoms with E-state index in [2.05, 4.69) is 33.9 Å². The van der Waals surface area contributed by atoms with Crippen LogP contribution < -0.4 is 0 Å². The summed E-state index contributed by atoms with van der Waals surface area (Å²) in [4.78, 5) is 10.5. The monoisotopic (exact) mass is 232 g/mol. The summed E-state index contributed by atoms with van der Waals surface area (Å²) in [5.74, 6) is 0. The molecule has 0 N–H and O–H groups in total. The molecule has 0 unspecified atom stereocenters. The van der Waals surface area contributed by atoms with Gasteiger partial charge in [0.05, 0.1) is 0 Å². The van der Waals surface area contributed by atoms with Gasteiger partial charge in [0, 0.05) is 20.1 Å². The van der Waals surface area contributed by atoms with Crippen molar-refractivity contribution in [2.45, 2.75) is 51.4 Å². The highest BCUT2D eigenvalue weighted by Crippen LogP contribution is 2.36. The van der Waals surface area contributed by atoms with Gasteiger partial charge in [0.25, 0.3) is 0 Å². The van der Waals surface area contributed by atoms with Gasteiger partial charge in [-0.25, -0.2) is 0 Å². The highest BCUT2D eigenvalue weighted by atomic mass is 28.4. The van der Waals surface area contributed by atoms with E-state index < -0.39 is 8.32 Å². The second-order valence-electron chi connectivity index (χ2n) is 5.31. The minimum atomic E-state index is -1.67. The van der Waals surface area contributed by atoms with Crippen LogP contribution in [0.25, 0.3) is 0 Å². The topological polar surface area (TPSA) is 35.5 Å². The molecule has 0 spiro atoms. The van der Waals surface area contributed by atoms with E-state index in [1.807, 2.05) is 0 Å². The van der Waals surface area contributed by atoms with Gasteiger partial charge in [0.1, 0.15) is 12.4 Å². The zero-order chi connectivity index (χ0) is 12.1. The average Bonchev–Trinajstić information content (AvgIpc) is 2.10. The summed E-state index contributed by atoms with van der Waals surface area (Å²) in [6, 6.07) is 0. The summed E-state index contributed by atoms with van der Waals surface area (Å²) in [7, 11) is -0.122. The molecule has 4 heteroatoms. The van der Waals surface area contributed by atoms with Crippen LogP contribution in [0.15, 0.2) is 0 Å². The molecule has 0 aliphatic carbocycles. The molecule has 0 aliphatic heterocycles. The van der Waals surface area contributed by atoms with Gasteiger partial charge in [-0.3, -0.25) is 0 Å². The van der Waals surface area contributed by atoms with Crippen molar-refractivity contribution < 1.29 is 14.0 Å². The largest absolute Gasteiger partial charge is 0.417 e. The maximum absolute atomic E-state index is 10.5. The maximum atomic E-state index is 10.5. The molecule has 0 saturated heterocycles. The number of aldehydes is 1. The number of hydrogen-bond donors (Lipinski definition) is 0. The van der Waals surface area contributed by atoms with Gasteiger partial charge in [-0.1, -0.05) is 20.8 Å². The minimum absolute atomic E-state index is 0.219. The van der Waals surface area contributed by atoms with Crippen LogP contribution in [0.2, 0.25) is 18.1 Å². The summed E-state index contributed by atoms with van der Waals surface area (Å²) in [6.45, 7) is 11.6. The molecule has 1 atom stereocenters. The zero-order valence-electron chi connectivity index (χ0n) is 10.8. The lowest BCUT2D eigenvalue weighted by atomic mass is 10.2. The van der Waals surface area contributed by atoms with Crippen molar-refractivity contribution in [3.63, 3.8) is 0 Å². The van der Waals surface area contributed by atoms with Crippen molar-refractivity contribution >= 4 is 14.6 Å². The Labute approximate surface area is 94.3 Å². The van der Waals surface area contributed by atoms with Crippen molar-refractivity contribution in [2.24, 2.45) is 0 Å². The zero-order valence-corrected chi connectivity index (χ0v) is 11.8. The van der Waals surface area contributed by atoms with Crippen molar-refractivity contribution in [1.82, 2.24) is 0 Å². The number of carbonyl (C=O) groups excluding carboxylic acids is 1. The Morgan fingerprint density at radius 3 is 2.20 bits per heavy atom. The van der Waals surface area contributed by atoms with Gasteiger partial charge in [-0.05, 0) is 18.1 Å². The summed E-state index contributed by atoms with van der Waals surface area (Å²) in [5, 5.41) is 0.219. The SMILES string of the molecule is CO[C@H](C=O)CCO[Si](C)(C)C(C)(C)C. The first-order valence-corrected chi connectivity index (χ1v) is 8.27. The smallest absolute Gasteiger partial charge is 0.191 e. The first kappa shape index (κ1) is 14.8. The average molecular weight is 232 g/mol. The molecule has 0 aromatic rings. The van der Waals surface area contributed by atoms with E-state index in [1.165, 1.54) is 0 Å². The Bertz CT molecular complexity index is 196. The number of hydrogen-bond acceptors (Lipinski definition) is 3. The lowest BCUT2D eigenvalue weighted by molar-refractivity contribution is -0.117. The summed E-state index contributed by atoms with van der Waals surface area (Å²) in [5.41, 5.74) is 0. The number of rotatable bonds is 6. The Hall–Kier alpha value is -0.193. The number of methoxy groups -OCH3 is 1. The lowest BCUT2D eigenvalue weighted by Crippen LogP contribution is -2.41. The Morgan fingerprint density at radius 2 is 1.87 bits per heavy atom. The molecule has 15 heavy (non-hydrogen) atoms. The van der Waals surface area contributed by atoms with Crippen LogP contribution in [0, 0.1) is 0 Å². The minimum Gasteiger partial charge on any atom is -0.417 e. The Balaban J connectivity index is 4.00. The molecule has 0 saturated carbocycles. The second kappa shape index (κ2) is 5.77. The van der Waals surface area contributed by atoms with E-state index in [0.717, 1.165) is 6.29 Å². The Kier molecular flexibility index (Phi) is 5.70. The lowest BCUT2D eigenvalue weighted by Gasteiger charge is -2.36. The van der Waals surface area contributed by atoms with E-state index >= 15 is 0 Å². The predicted octanol–water partition coefficient (Wildman–Crippen LogP) is 2.61. The molecule has 90 valence electrons. The van der Waals surface area contributed by atoms with Gasteiger partial charge in [0.2, 0.25) is 0 Å². The third-order valence-corrected chi connectivity index (χ3v) is 7.66. The molecular formula is C11H24O3Si. The van der Waals surface area contributed by atoms with E-state index in [9.17, 15) is 4.79 Å². The summed E-state index contributed by atoms with van der Waals surface area (Å²) >= 11 is 0. The van der Waals surface area contributed by atoms with Crippen LogP contribution >= 0.6 is 0 Å². The van der Waals surface area contributed by atoms with Crippen LogP contribution in [0.3, 0.4) is 0 Å². The quantitative estimate of drug-likeness (QED) is 0.521. The van der Waals surface area contributed by atoms with Crippen LogP contribution in [0.4, 0.5) is 0 Å². The van der Waals surface area contributed by atoms with Crippen molar-refractivity contribution in [3.05, 3.63) is 0 Å². The van der Waals surface area contributed by atoms with Crippen molar-refractivity contribution in [1.29, 1.82) is 0 Å². The maximum Gasteiger partial charge on any atom is 0.191 e. The molecule has 0 aromatic heterocycles. The normalized spacial score (nSPS) is 15.1. The fraction of sp³-hybridized carbons (Fsp3) is 0.909. The van der Waals surface area contributed by atoms with E-state index in [4.69, 9.17) is 9.16 Å². The molecule has 0 bridgehead atoms. The van der Waals surface area contributed by atoms with Crippen LogP contribution in [-0.2, 0) is 14.0 Å². The van der Waals surface area contributed by atoms with Gasteiger partial charge >= 0.3 is 0 Å². The highest BCUT2D eigenvalue weighted by molar-refractivity contribution is 6.74. The summed E-state index contributed by atoms with van der Waals surface area (Å²) in [6.07, 6.45) is 1.15. The first-order valence-electron chi connectivity index (χ1n) is 5.36. The van der Waals surface area contributed by atoms with Crippen molar-refractivity contribution in [2.75, 3.05) is 13.7 Å². The molecule has 0 radical (unpaired) electrons. The van der Waals surface area contributed by atoms with Gasteiger partial charge in [0.15, 0.2) is 8.32 Å². The molecule has 0 rings (SSSR count). The highest BCUT2D eigenvalue weighted by Gasteiger charge is 2.36. The van der Waals surface area contributed by atoms with Gasteiger partial charge < -0.3 is 14.0 Å². The van der Waals surface area contributed by atoms with Gasteiger partial charge in [-0.15, -0.1) is 0 Å². The predicted molar refractivity (Wildman–Crippen MR) is 64.6 cm³/mol. The fourth-order valence-electron chi connectivity index (χ4n) is 0.888. The Morgan fingerprint density at radius 1 is 1.33 bits per heavy atom. The van der Waals surface area contributed by atoms with E-state index in [-0.39, 0.29) is 11.1 Å². The second-order valence-corrected chi connectivity index (χ2v) is 10.1. The summed E-state index contributed by atoms with van der Waals surface area (Å²) < 4.78 is 10.9. The molecule has 0 heterocycles. The van der Waals surface area contributed by atoms with Crippen LogP contribution in [-0.4, -0.2) is 34.4 Å². The number of ether oxygens (including phenoxy) is 1. The van der Waals surface area contributed by atoms with E-state index in [0.29, 0.717) is 13.0 Å². The molecule has 0 aliphatic rings. The van der Waals surface area contributed by atoms with Crippen LogP contribution in [0.5, 0.6) is 0 Å². The molecule has 0 fully saturated rings. The van der Waals surface area contributed by atoms with Gasteiger partial charge in [-0.2, -0.15) is 0 Å². The molecule has 0 amide bonds. The molecular weight excluding hydrogens is 208 g/mol. The number of carbonyl (C=O) groups is 1. The standard InChI is InChI=1S/C11H24O3Si/c1-11(2,3)15(5,6)14-8-7-10(9-12)13-4/h9-10H,7-8H2,1-6H3/t10-/m0/s1.